The third-order valence-corrected chi connectivity index (χ3v) is 4.98. The molecule has 0 radical (unpaired) electrons. The summed E-state index contributed by atoms with van der Waals surface area (Å²) in [6.07, 6.45) is -5.89. The van der Waals surface area contributed by atoms with Crippen LogP contribution in [0.5, 0.6) is 0 Å². The number of carbonyl (C=O) groups excluding carboxylic acids is 1. The van der Waals surface area contributed by atoms with Gasteiger partial charge in [-0.1, -0.05) is 35.9 Å². The van der Waals surface area contributed by atoms with Gasteiger partial charge in [0.25, 0.3) is 5.91 Å². The van der Waals surface area contributed by atoms with Crippen molar-refractivity contribution in [3.63, 3.8) is 0 Å². The zero-order valence-electron chi connectivity index (χ0n) is 16.3. The highest BCUT2D eigenvalue weighted by Gasteiger charge is 2.31. The van der Waals surface area contributed by atoms with Gasteiger partial charge in [-0.25, -0.2) is 9.07 Å². The lowest BCUT2D eigenvalue weighted by atomic mass is 10.1. The molecule has 0 saturated carbocycles. The molecule has 3 aromatic rings. The molecule has 0 fully saturated rings. The van der Waals surface area contributed by atoms with Crippen LogP contribution in [-0.4, -0.2) is 27.3 Å². The van der Waals surface area contributed by atoms with Crippen LogP contribution in [0.4, 0.5) is 17.6 Å². The Kier molecular flexibility index (Phi) is 6.66. The number of alkyl halides is 3. The van der Waals surface area contributed by atoms with Crippen molar-refractivity contribution in [1.82, 2.24) is 15.1 Å². The van der Waals surface area contributed by atoms with E-state index in [1.54, 1.807) is 19.1 Å². The van der Waals surface area contributed by atoms with Crippen LogP contribution in [-0.2, 0) is 12.7 Å². The van der Waals surface area contributed by atoms with Gasteiger partial charge in [0, 0.05) is 6.54 Å². The predicted molar refractivity (Wildman–Crippen MR) is 106 cm³/mol. The molecule has 0 saturated heterocycles. The summed E-state index contributed by atoms with van der Waals surface area (Å²) in [5.41, 5.74) is 0.261. The Hall–Kier alpha value is -2.91. The molecule has 0 bridgehead atoms. The standard InChI is InChI=1S/C21H18ClF4N3O2/c1-12-18(19(22)29(28-12)11-13-5-7-16(23)8-6-13)20(31)27-10-17(30)14-3-2-4-15(9-14)21(24,25)26/h2-9,17,30H,10-11H2,1H3,(H,27,31). The summed E-state index contributed by atoms with van der Waals surface area (Å²) in [5.74, 6) is -1.01. The number of aliphatic hydroxyl groups is 1. The van der Waals surface area contributed by atoms with Gasteiger partial charge in [0.15, 0.2) is 0 Å². The van der Waals surface area contributed by atoms with Gasteiger partial charge < -0.3 is 10.4 Å². The van der Waals surface area contributed by atoms with E-state index in [4.69, 9.17) is 11.6 Å². The van der Waals surface area contributed by atoms with Gasteiger partial charge in [-0.2, -0.15) is 18.3 Å². The highest BCUT2D eigenvalue weighted by atomic mass is 35.5. The van der Waals surface area contributed by atoms with Crippen LogP contribution < -0.4 is 5.32 Å². The molecule has 0 aliphatic rings. The molecule has 1 aromatic heterocycles. The molecule has 2 N–H and O–H groups in total. The van der Waals surface area contributed by atoms with Crippen LogP contribution >= 0.6 is 11.6 Å². The number of hydrogen-bond acceptors (Lipinski definition) is 3. The lowest BCUT2D eigenvalue weighted by Crippen LogP contribution is -2.29. The van der Waals surface area contributed by atoms with Crippen molar-refractivity contribution < 1.29 is 27.5 Å². The Bertz CT molecular complexity index is 1080. The number of aryl methyl sites for hydroxylation is 1. The zero-order valence-corrected chi connectivity index (χ0v) is 17.0. The molecule has 1 amide bonds. The van der Waals surface area contributed by atoms with Crippen LogP contribution in [0.3, 0.4) is 0 Å². The molecule has 1 atom stereocenters. The van der Waals surface area contributed by atoms with E-state index in [2.05, 4.69) is 10.4 Å². The highest BCUT2D eigenvalue weighted by molar-refractivity contribution is 6.33. The van der Waals surface area contributed by atoms with Crippen LogP contribution in [0.15, 0.2) is 48.5 Å². The average molecular weight is 456 g/mol. The molecule has 5 nitrogen and oxygen atoms in total. The van der Waals surface area contributed by atoms with E-state index in [1.807, 2.05) is 0 Å². The van der Waals surface area contributed by atoms with Gasteiger partial charge in [-0.3, -0.25) is 4.79 Å². The fourth-order valence-corrected chi connectivity index (χ4v) is 3.32. The molecule has 2 aromatic carbocycles. The van der Waals surface area contributed by atoms with Gasteiger partial charge in [0.2, 0.25) is 0 Å². The SMILES string of the molecule is Cc1nn(Cc2ccc(F)cc2)c(Cl)c1C(=O)NCC(O)c1cccc(C(F)(F)F)c1. The summed E-state index contributed by atoms with van der Waals surface area (Å²) in [7, 11) is 0. The summed E-state index contributed by atoms with van der Waals surface area (Å²) in [6, 6.07) is 9.96. The summed E-state index contributed by atoms with van der Waals surface area (Å²) in [6.45, 7) is 1.46. The second-order valence-corrected chi connectivity index (χ2v) is 7.24. The van der Waals surface area contributed by atoms with Crippen molar-refractivity contribution >= 4 is 17.5 Å². The van der Waals surface area contributed by atoms with Crippen molar-refractivity contribution in [1.29, 1.82) is 0 Å². The molecule has 1 unspecified atom stereocenters. The van der Waals surface area contributed by atoms with E-state index in [1.165, 1.54) is 28.9 Å². The number of halogens is 5. The third kappa shape index (κ3) is 5.42. The van der Waals surface area contributed by atoms with Crippen LogP contribution in [0, 0.1) is 12.7 Å². The van der Waals surface area contributed by atoms with Gasteiger partial charge in [-0.15, -0.1) is 0 Å². The smallest absolute Gasteiger partial charge is 0.387 e. The number of carbonyl (C=O) groups is 1. The van der Waals surface area contributed by atoms with Gasteiger partial charge >= 0.3 is 6.18 Å². The monoisotopic (exact) mass is 455 g/mol. The Morgan fingerprint density at radius 3 is 2.55 bits per heavy atom. The van der Waals surface area contributed by atoms with Crippen LogP contribution in [0.1, 0.15) is 38.8 Å². The molecule has 1 heterocycles. The first-order valence-corrected chi connectivity index (χ1v) is 9.55. The maximum Gasteiger partial charge on any atom is 0.416 e. The zero-order chi connectivity index (χ0) is 22.8. The molecule has 31 heavy (non-hydrogen) atoms. The second-order valence-electron chi connectivity index (χ2n) is 6.88. The fourth-order valence-electron chi connectivity index (χ4n) is 3.00. The van der Waals surface area contributed by atoms with E-state index in [-0.39, 0.29) is 35.2 Å². The first kappa shape index (κ1) is 22.8. The number of aromatic nitrogens is 2. The number of aliphatic hydroxyl groups excluding tert-OH is 1. The van der Waals surface area contributed by atoms with Gasteiger partial charge in [0.1, 0.15) is 11.0 Å². The molecular weight excluding hydrogens is 438 g/mol. The van der Waals surface area contributed by atoms with E-state index in [0.29, 0.717) is 5.69 Å². The number of amides is 1. The Morgan fingerprint density at radius 1 is 1.23 bits per heavy atom. The quantitative estimate of drug-likeness (QED) is 0.537. The molecule has 10 heteroatoms. The van der Waals surface area contributed by atoms with Crippen molar-refractivity contribution in [2.75, 3.05) is 6.54 Å². The number of rotatable bonds is 6. The van der Waals surface area contributed by atoms with Crippen LogP contribution in [0.2, 0.25) is 5.15 Å². The normalized spacial score (nSPS) is 12.6. The van der Waals surface area contributed by atoms with E-state index in [9.17, 15) is 27.5 Å². The highest BCUT2D eigenvalue weighted by Crippen LogP contribution is 2.30. The first-order valence-electron chi connectivity index (χ1n) is 9.17. The maximum atomic E-state index is 13.1. The summed E-state index contributed by atoms with van der Waals surface area (Å²) in [4.78, 5) is 12.6. The van der Waals surface area contributed by atoms with E-state index >= 15 is 0 Å². The van der Waals surface area contributed by atoms with Crippen molar-refractivity contribution in [3.8, 4) is 0 Å². The average Bonchev–Trinajstić information content (AvgIpc) is 3.00. The summed E-state index contributed by atoms with van der Waals surface area (Å²) < 4.78 is 53.0. The number of nitrogens with zero attached hydrogens (tertiary/aromatic N) is 2. The van der Waals surface area contributed by atoms with Gasteiger partial charge in [-0.05, 0) is 42.3 Å². The maximum absolute atomic E-state index is 13.1. The summed E-state index contributed by atoms with van der Waals surface area (Å²) in [5, 5.41) is 16.9. The Morgan fingerprint density at radius 2 is 1.90 bits per heavy atom. The minimum Gasteiger partial charge on any atom is -0.387 e. The van der Waals surface area contributed by atoms with E-state index < -0.39 is 23.8 Å². The number of nitrogens with one attached hydrogen (secondary N) is 1. The molecule has 3 rings (SSSR count). The Labute approximate surface area is 180 Å². The molecule has 164 valence electrons. The second kappa shape index (κ2) is 9.07. The molecule has 0 spiro atoms. The predicted octanol–water partition coefficient (Wildman–Crippen LogP) is 4.51. The largest absolute Gasteiger partial charge is 0.416 e. The van der Waals surface area contributed by atoms with Crippen molar-refractivity contribution in [2.45, 2.75) is 25.7 Å². The first-order chi connectivity index (χ1) is 14.6. The minimum atomic E-state index is -4.54. The van der Waals surface area contributed by atoms with Crippen molar-refractivity contribution in [2.24, 2.45) is 0 Å². The molecular formula is C21H18ClF4N3O2. The fraction of sp³-hybridized carbons (Fsp3) is 0.238. The number of benzene rings is 2. The van der Waals surface area contributed by atoms with Crippen molar-refractivity contribution in [3.05, 3.63) is 87.4 Å². The lowest BCUT2D eigenvalue weighted by Gasteiger charge is -2.14. The number of hydrogen-bond donors (Lipinski definition) is 2. The van der Waals surface area contributed by atoms with Crippen LogP contribution in [0.25, 0.3) is 0 Å². The van der Waals surface area contributed by atoms with E-state index in [0.717, 1.165) is 17.7 Å². The topological polar surface area (TPSA) is 67.2 Å². The lowest BCUT2D eigenvalue weighted by molar-refractivity contribution is -0.137. The molecule has 0 aliphatic carbocycles. The third-order valence-electron chi connectivity index (χ3n) is 4.59. The minimum absolute atomic E-state index is 0.0185. The van der Waals surface area contributed by atoms with Gasteiger partial charge in [0.05, 0.1) is 29.5 Å². The Balaban J connectivity index is 1.69. The summed E-state index contributed by atoms with van der Waals surface area (Å²) >= 11 is 6.29. The molecule has 0 aliphatic heterocycles.